The number of fused-ring (bicyclic) bond motifs is 5. The highest BCUT2D eigenvalue weighted by Crippen LogP contribution is 2.35. The lowest BCUT2D eigenvalue weighted by Gasteiger charge is -2.13. The molecule has 0 aliphatic heterocycles. The summed E-state index contributed by atoms with van der Waals surface area (Å²) in [4.78, 5) is 9.93. The lowest BCUT2D eigenvalue weighted by Crippen LogP contribution is -2.07. The number of hydrogen-bond acceptors (Lipinski definition) is 5. The van der Waals surface area contributed by atoms with Crippen molar-refractivity contribution in [2.45, 2.75) is 20.4 Å². The molecule has 6 nitrogen and oxygen atoms in total. The molecule has 0 aliphatic carbocycles. The van der Waals surface area contributed by atoms with Crippen molar-refractivity contribution >= 4 is 33.5 Å². The number of methoxy groups -OCH3 is 2. The van der Waals surface area contributed by atoms with Crippen molar-refractivity contribution < 1.29 is 9.47 Å². The van der Waals surface area contributed by atoms with E-state index in [2.05, 4.69) is 47.8 Å². The Morgan fingerprint density at radius 2 is 1.55 bits per heavy atom. The van der Waals surface area contributed by atoms with E-state index >= 15 is 0 Å². The minimum Gasteiger partial charge on any atom is -0.493 e. The molecular weight excluding hydrogens is 388 g/mol. The Morgan fingerprint density at radius 3 is 2.29 bits per heavy atom. The molecule has 0 saturated carbocycles. The zero-order chi connectivity index (χ0) is 21.5. The number of rotatable bonds is 5. The van der Waals surface area contributed by atoms with Crippen LogP contribution >= 0.6 is 0 Å². The highest BCUT2D eigenvalue weighted by Gasteiger charge is 2.17. The third kappa shape index (κ3) is 3.20. The van der Waals surface area contributed by atoms with E-state index in [0.717, 1.165) is 33.5 Å². The molecule has 0 radical (unpaired) electrons. The zero-order valence-electron chi connectivity index (χ0n) is 18.1. The molecule has 6 heteroatoms. The van der Waals surface area contributed by atoms with Crippen molar-refractivity contribution in [3.63, 3.8) is 0 Å². The second kappa shape index (κ2) is 7.47. The van der Waals surface area contributed by atoms with E-state index in [9.17, 15) is 0 Å². The number of nitrogens with one attached hydrogen (secondary N) is 1. The maximum absolute atomic E-state index is 5.54. The molecule has 1 N–H and O–H groups in total. The quantitative estimate of drug-likeness (QED) is 0.425. The van der Waals surface area contributed by atoms with Gasteiger partial charge in [-0.25, -0.2) is 9.97 Å². The molecule has 0 atom stereocenters. The number of aromatic nitrogens is 3. The van der Waals surface area contributed by atoms with Crippen LogP contribution in [0.4, 0.5) is 5.95 Å². The molecule has 0 aliphatic rings. The minimum atomic E-state index is 0.642. The molecule has 5 aromatic rings. The Balaban J connectivity index is 1.80. The number of imidazole rings is 1. The molecule has 0 amide bonds. The monoisotopic (exact) mass is 412 g/mol. The average Bonchev–Trinajstić information content (AvgIpc) is 3.16. The molecule has 5 rings (SSSR count). The van der Waals surface area contributed by atoms with Crippen LogP contribution in [-0.4, -0.2) is 28.6 Å². The molecule has 0 saturated heterocycles. The summed E-state index contributed by atoms with van der Waals surface area (Å²) in [5.74, 6) is 2.04. The van der Waals surface area contributed by atoms with Gasteiger partial charge in [0.05, 0.1) is 30.8 Å². The van der Waals surface area contributed by atoms with Crippen molar-refractivity contribution in [3.8, 4) is 11.5 Å². The highest BCUT2D eigenvalue weighted by atomic mass is 16.5. The van der Waals surface area contributed by atoms with Crippen LogP contribution in [0.3, 0.4) is 0 Å². The van der Waals surface area contributed by atoms with Crippen LogP contribution in [0.15, 0.2) is 54.6 Å². The molecule has 2 aromatic heterocycles. The number of ether oxygens (including phenoxy) is 2. The third-order valence-corrected chi connectivity index (χ3v) is 5.74. The van der Waals surface area contributed by atoms with Crippen molar-refractivity contribution in [3.05, 3.63) is 71.3 Å². The third-order valence-electron chi connectivity index (χ3n) is 5.74. The van der Waals surface area contributed by atoms with Gasteiger partial charge in [0.15, 0.2) is 11.5 Å². The Morgan fingerprint density at radius 1 is 0.839 bits per heavy atom. The van der Waals surface area contributed by atoms with Gasteiger partial charge in [-0.2, -0.15) is 0 Å². The van der Waals surface area contributed by atoms with Gasteiger partial charge in [-0.3, -0.25) is 4.40 Å². The minimum absolute atomic E-state index is 0.642. The number of anilines is 1. The Bertz CT molecular complexity index is 1420. The van der Waals surface area contributed by atoms with Gasteiger partial charge in [-0.15, -0.1) is 0 Å². The van der Waals surface area contributed by atoms with Crippen molar-refractivity contribution in [2.75, 3.05) is 19.5 Å². The van der Waals surface area contributed by atoms with Crippen LogP contribution < -0.4 is 14.8 Å². The first-order valence-corrected chi connectivity index (χ1v) is 10.2. The molecule has 0 unspecified atom stereocenters. The van der Waals surface area contributed by atoms with Crippen LogP contribution in [-0.2, 0) is 6.54 Å². The normalized spacial score (nSPS) is 11.4. The summed E-state index contributed by atoms with van der Waals surface area (Å²) >= 11 is 0. The van der Waals surface area contributed by atoms with E-state index in [1.165, 1.54) is 16.7 Å². The Hall–Kier alpha value is -3.80. The van der Waals surface area contributed by atoms with E-state index in [-0.39, 0.29) is 0 Å². The van der Waals surface area contributed by atoms with Gasteiger partial charge in [0.2, 0.25) is 5.95 Å². The summed E-state index contributed by atoms with van der Waals surface area (Å²) in [6.45, 7) is 4.89. The Labute approximate surface area is 180 Å². The van der Waals surface area contributed by atoms with Gasteiger partial charge in [-0.05, 0) is 48.7 Å². The molecule has 2 heterocycles. The van der Waals surface area contributed by atoms with Gasteiger partial charge < -0.3 is 14.8 Å². The van der Waals surface area contributed by atoms with Gasteiger partial charge in [-0.1, -0.05) is 30.3 Å². The van der Waals surface area contributed by atoms with E-state index < -0.39 is 0 Å². The van der Waals surface area contributed by atoms with E-state index in [0.29, 0.717) is 18.0 Å². The lowest BCUT2D eigenvalue weighted by molar-refractivity contribution is 0.356. The van der Waals surface area contributed by atoms with Crippen LogP contribution in [0.5, 0.6) is 11.5 Å². The summed E-state index contributed by atoms with van der Waals surface area (Å²) in [6.07, 6.45) is 0. The highest BCUT2D eigenvalue weighted by molar-refractivity contribution is 5.99. The standard InChI is InChI=1S/C25H24N4O2/c1-15-10-20-21(11-16(15)2)29-24(27-20)18-12-22(30-3)23(31-4)13-19(18)28-25(29)26-14-17-8-6-5-7-9-17/h5-13H,14H2,1-4H3,(H,26,28). The predicted octanol–water partition coefficient (Wildman–Crippen LogP) is 5.28. The number of hydrogen-bond donors (Lipinski definition) is 1. The van der Waals surface area contributed by atoms with Crippen LogP contribution in [0.25, 0.3) is 27.6 Å². The Kier molecular flexibility index (Phi) is 4.62. The first kappa shape index (κ1) is 19.2. The maximum Gasteiger partial charge on any atom is 0.210 e. The maximum atomic E-state index is 5.54. The average molecular weight is 412 g/mol. The van der Waals surface area contributed by atoms with Crippen molar-refractivity contribution in [2.24, 2.45) is 0 Å². The first-order chi connectivity index (χ1) is 15.1. The van der Waals surface area contributed by atoms with Gasteiger partial charge in [0.1, 0.15) is 5.65 Å². The summed E-state index contributed by atoms with van der Waals surface area (Å²) in [5, 5.41) is 4.43. The van der Waals surface area contributed by atoms with Gasteiger partial charge in [0.25, 0.3) is 0 Å². The number of nitrogens with zero attached hydrogens (tertiary/aromatic N) is 3. The summed E-state index contributed by atoms with van der Waals surface area (Å²) in [5.41, 5.74) is 7.21. The topological polar surface area (TPSA) is 60.7 Å². The van der Waals surface area contributed by atoms with Gasteiger partial charge >= 0.3 is 0 Å². The van der Waals surface area contributed by atoms with E-state index in [4.69, 9.17) is 19.4 Å². The number of aryl methyl sites for hydroxylation is 2. The second-order valence-electron chi connectivity index (χ2n) is 7.69. The molecule has 156 valence electrons. The van der Waals surface area contributed by atoms with Crippen LogP contribution in [0.1, 0.15) is 16.7 Å². The molecule has 31 heavy (non-hydrogen) atoms. The van der Waals surface area contributed by atoms with E-state index in [1.807, 2.05) is 30.3 Å². The molecular formula is C25H24N4O2. The van der Waals surface area contributed by atoms with Crippen LogP contribution in [0, 0.1) is 13.8 Å². The summed E-state index contributed by atoms with van der Waals surface area (Å²) < 4.78 is 13.1. The predicted molar refractivity (Wildman–Crippen MR) is 124 cm³/mol. The van der Waals surface area contributed by atoms with Gasteiger partial charge in [0, 0.05) is 18.0 Å². The summed E-state index contributed by atoms with van der Waals surface area (Å²) in [7, 11) is 3.27. The van der Waals surface area contributed by atoms with Crippen molar-refractivity contribution in [1.82, 2.24) is 14.4 Å². The molecule has 0 fully saturated rings. The number of benzene rings is 3. The summed E-state index contributed by atoms with van der Waals surface area (Å²) in [6, 6.07) is 18.4. The smallest absolute Gasteiger partial charge is 0.210 e. The second-order valence-corrected chi connectivity index (χ2v) is 7.69. The SMILES string of the molecule is COc1cc2nc(NCc3ccccc3)n3c4cc(C)c(C)cc4nc3c2cc1OC. The van der Waals surface area contributed by atoms with E-state index in [1.54, 1.807) is 14.2 Å². The molecule has 0 bridgehead atoms. The lowest BCUT2D eigenvalue weighted by atomic mass is 10.1. The fraction of sp³-hybridized carbons (Fsp3) is 0.200. The zero-order valence-corrected chi connectivity index (χ0v) is 18.1. The fourth-order valence-corrected chi connectivity index (χ4v) is 3.93. The first-order valence-electron chi connectivity index (χ1n) is 10.2. The molecule has 3 aromatic carbocycles. The van der Waals surface area contributed by atoms with Crippen molar-refractivity contribution in [1.29, 1.82) is 0 Å². The molecule has 0 spiro atoms. The largest absolute Gasteiger partial charge is 0.493 e. The fourth-order valence-electron chi connectivity index (χ4n) is 3.93. The van der Waals surface area contributed by atoms with Crippen LogP contribution in [0.2, 0.25) is 0 Å².